The van der Waals surface area contributed by atoms with Crippen molar-refractivity contribution in [1.29, 1.82) is 0 Å². The van der Waals surface area contributed by atoms with E-state index in [2.05, 4.69) is 27.6 Å². The number of phenols is 1. The highest BCUT2D eigenvalue weighted by Gasteiger charge is 2.23. The molecule has 21 heavy (non-hydrogen) atoms. The highest BCUT2D eigenvalue weighted by Crippen LogP contribution is 2.37. The van der Waals surface area contributed by atoms with E-state index in [0.29, 0.717) is 17.6 Å². The van der Waals surface area contributed by atoms with Crippen LogP contribution in [0.1, 0.15) is 37.3 Å². The van der Waals surface area contributed by atoms with Gasteiger partial charge in [-0.15, -0.1) is 0 Å². The maximum Gasteiger partial charge on any atom is 0.161 e. The van der Waals surface area contributed by atoms with Crippen molar-refractivity contribution in [1.82, 2.24) is 9.97 Å². The van der Waals surface area contributed by atoms with E-state index < -0.39 is 0 Å². The minimum Gasteiger partial charge on any atom is -0.506 e. The first-order valence-corrected chi connectivity index (χ1v) is 8.33. The molecule has 0 amide bonds. The van der Waals surface area contributed by atoms with Gasteiger partial charge in [0.2, 0.25) is 0 Å². The number of hydrogen-bond acceptors (Lipinski definition) is 4. The molecule has 0 bridgehead atoms. The Kier molecular flexibility index (Phi) is 4.21. The number of rotatable bonds is 2. The van der Waals surface area contributed by atoms with Crippen molar-refractivity contribution in [2.75, 3.05) is 5.73 Å². The van der Waals surface area contributed by atoms with Crippen LogP contribution in [0.2, 0.25) is 5.02 Å². The summed E-state index contributed by atoms with van der Waals surface area (Å²) in [5.41, 5.74) is 7.86. The fourth-order valence-corrected chi connectivity index (χ4v) is 3.59. The second kappa shape index (κ2) is 5.96. The molecular weight excluding hydrogens is 401 g/mol. The molecule has 1 aliphatic carbocycles. The summed E-state index contributed by atoms with van der Waals surface area (Å²) < 4.78 is 0.952. The van der Waals surface area contributed by atoms with Crippen molar-refractivity contribution >= 4 is 40.0 Å². The molecule has 1 aliphatic rings. The fraction of sp³-hybridized carbons (Fsp3) is 0.333. The first-order chi connectivity index (χ1) is 10.1. The first kappa shape index (κ1) is 14.8. The third-order valence-electron chi connectivity index (χ3n) is 3.85. The van der Waals surface area contributed by atoms with Crippen LogP contribution in [0.4, 0.5) is 5.82 Å². The van der Waals surface area contributed by atoms with Gasteiger partial charge in [0.15, 0.2) is 5.82 Å². The number of nitrogens with zero attached hydrogens (tertiary/aromatic N) is 2. The molecule has 1 aromatic carbocycles. The van der Waals surface area contributed by atoms with Gasteiger partial charge in [0.25, 0.3) is 0 Å². The summed E-state index contributed by atoms with van der Waals surface area (Å²) in [7, 11) is 0. The van der Waals surface area contributed by atoms with Crippen LogP contribution in [0.15, 0.2) is 18.2 Å². The number of nitrogen functional groups attached to an aromatic ring is 1. The van der Waals surface area contributed by atoms with Gasteiger partial charge < -0.3 is 10.8 Å². The molecule has 1 heterocycles. The predicted octanol–water partition coefficient (Wildman–Crippen LogP) is 4.35. The Morgan fingerprint density at radius 2 is 1.95 bits per heavy atom. The van der Waals surface area contributed by atoms with E-state index in [1.165, 1.54) is 12.8 Å². The number of aromatic hydroxyl groups is 1. The lowest BCUT2D eigenvalue weighted by Gasteiger charge is -2.14. The van der Waals surface area contributed by atoms with Gasteiger partial charge in [0.05, 0.1) is 14.3 Å². The van der Waals surface area contributed by atoms with Crippen LogP contribution in [0, 0.1) is 3.57 Å². The van der Waals surface area contributed by atoms with E-state index in [1.807, 2.05) is 0 Å². The van der Waals surface area contributed by atoms with E-state index in [9.17, 15) is 5.11 Å². The highest BCUT2D eigenvalue weighted by atomic mass is 127. The molecule has 0 atom stereocenters. The van der Waals surface area contributed by atoms with Crippen LogP contribution in [-0.2, 0) is 0 Å². The van der Waals surface area contributed by atoms with Gasteiger partial charge in [0.1, 0.15) is 11.6 Å². The van der Waals surface area contributed by atoms with Gasteiger partial charge in [-0.3, -0.25) is 0 Å². The summed E-state index contributed by atoms with van der Waals surface area (Å²) in [6, 6.07) is 4.96. The van der Waals surface area contributed by atoms with E-state index >= 15 is 0 Å². The average molecular weight is 416 g/mol. The molecule has 1 aromatic heterocycles. The van der Waals surface area contributed by atoms with Crippen molar-refractivity contribution in [3.8, 4) is 17.1 Å². The maximum absolute atomic E-state index is 9.52. The lowest BCUT2D eigenvalue weighted by atomic mass is 10.0. The Bertz CT molecular complexity index is 687. The van der Waals surface area contributed by atoms with Gasteiger partial charge in [-0.2, -0.15) is 0 Å². The van der Waals surface area contributed by atoms with E-state index in [4.69, 9.17) is 22.3 Å². The monoisotopic (exact) mass is 415 g/mol. The quantitative estimate of drug-likeness (QED) is 0.716. The molecule has 0 aliphatic heterocycles. The molecule has 3 rings (SSSR count). The van der Waals surface area contributed by atoms with Crippen molar-refractivity contribution in [3.63, 3.8) is 0 Å². The van der Waals surface area contributed by atoms with Gasteiger partial charge in [-0.1, -0.05) is 24.4 Å². The molecule has 0 unspecified atom stereocenters. The van der Waals surface area contributed by atoms with E-state index in [-0.39, 0.29) is 10.8 Å². The lowest BCUT2D eigenvalue weighted by molar-refractivity contribution is 0.475. The number of nitrogens with two attached hydrogens (primary N) is 1. The van der Waals surface area contributed by atoms with Crippen molar-refractivity contribution in [2.45, 2.75) is 31.6 Å². The maximum atomic E-state index is 9.52. The summed E-state index contributed by atoms with van der Waals surface area (Å²) in [6.45, 7) is 0. The zero-order chi connectivity index (χ0) is 15.0. The second-order valence-corrected chi connectivity index (χ2v) is 6.77. The Labute approximate surface area is 141 Å². The smallest absolute Gasteiger partial charge is 0.161 e. The van der Waals surface area contributed by atoms with Crippen LogP contribution >= 0.6 is 34.2 Å². The Hall–Kier alpha value is -1.08. The van der Waals surface area contributed by atoms with Crippen molar-refractivity contribution in [2.24, 2.45) is 0 Å². The third-order valence-corrected chi connectivity index (χ3v) is 5.26. The van der Waals surface area contributed by atoms with Crippen LogP contribution < -0.4 is 5.73 Å². The molecule has 1 fully saturated rings. The summed E-state index contributed by atoms with van der Waals surface area (Å²) in [5, 5.41) is 9.81. The fourth-order valence-electron chi connectivity index (χ4n) is 2.73. The minimum absolute atomic E-state index is 0.0508. The molecule has 1 saturated carbocycles. The summed E-state index contributed by atoms with van der Waals surface area (Å²) in [6.07, 6.45) is 4.79. The molecule has 3 N–H and O–H groups in total. The number of hydrogen-bond donors (Lipinski definition) is 2. The van der Waals surface area contributed by atoms with Gasteiger partial charge in [0, 0.05) is 11.5 Å². The third kappa shape index (κ3) is 2.94. The molecular formula is C15H15ClIN3O. The number of aromatic nitrogens is 2. The molecule has 6 heteroatoms. The average Bonchev–Trinajstić information content (AvgIpc) is 2.98. The SMILES string of the molecule is Nc1nc(-c2ccc(O)c(Cl)c2)nc(C2CCCC2)c1I. The number of benzene rings is 1. The summed E-state index contributed by atoms with van der Waals surface area (Å²) >= 11 is 8.19. The molecule has 0 saturated heterocycles. The number of anilines is 1. The number of phenolic OH excluding ortho intramolecular Hbond substituents is 1. The van der Waals surface area contributed by atoms with Crippen LogP contribution in [0.25, 0.3) is 11.4 Å². The van der Waals surface area contributed by atoms with E-state index in [1.54, 1.807) is 18.2 Å². The van der Waals surface area contributed by atoms with Crippen molar-refractivity contribution in [3.05, 3.63) is 32.5 Å². The van der Waals surface area contributed by atoms with Gasteiger partial charge >= 0.3 is 0 Å². The summed E-state index contributed by atoms with van der Waals surface area (Å²) in [4.78, 5) is 9.08. The zero-order valence-corrected chi connectivity index (χ0v) is 14.2. The van der Waals surface area contributed by atoms with Crippen molar-refractivity contribution < 1.29 is 5.11 Å². The molecule has 110 valence electrons. The van der Waals surface area contributed by atoms with Crippen LogP contribution in [0.3, 0.4) is 0 Å². The second-order valence-electron chi connectivity index (χ2n) is 5.28. The Morgan fingerprint density at radius 1 is 1.24 bits per heavy atom. The normalized spacial score (nSPS) is 15.5. The Balaban J connectivity index is 2.08. The first-order valence-electron chi connectivity index (χ1n) is 6.88. The minimum atomic E-state index is 0.0508. The predicted molar refractivity (Wildman–Crippen MR) is 92.5 cm³/mol. The highest BCUT2D eigenvalue weighted by molar-refractivity contribution is 14.1. The molecule has 4 nitrogen and oxygen atoms in total. The number of halogens is 2. The molecule has 2 aromatic rings. The van der Waals surface area contributed by atoms with Crippen LogP contribution in [0.5, 0.6) is 5.75 Å². The van der Waals surface area contributed by atoms with E-state index in [0.717, 1.165) is 27.7 Å². The zero-order valence-electron chi connectivity index (χ0n) is 11.3. The van der Waals surface area contributed by atoms with Gasteiger partial charge in [-0.05, 0) is 53.6 Å². The molecule has 0 spiro atoms. The summed E-state index contributed by atoms with van der Waals surface area (Å²) in [5.74, 6) is 1.59. The Morgan fingerprint density at radius 3 is 2.62 bits per heavy atom. The largest absolute Gasteiger partial charge is 0.506 e. The lowest BCUT2D eigenvalue weighted by Crippen LogP contribution is -2.07. The van der Waals surface area contributed by atoms with Gasteiger partial charge in [-0.25, -0.2) is 9.97 Å². The topological polar surface area (TPSA) is 72.0 Å². The standard InChI is InChI=1S/C15H15ClIN3O/c16-10-7-9(5-6-11(10)21)15-19-13(8-3-1-2-4-8)12(17)14(18)20-15/h5-8,21H,1-4H2,(H2,18,19,20). The van der Waals surface area contributed by atoms with Crippen LogP contribution in [-0.4, -0.2) is 15.1 Å². The molecule has 0 radical (unpaired) electrons.